The van der Waals surface area contributed by atoms with E-state index >= 15 is 0 Å². The third kappa shape index (κ3) is 5.50. The minimum Gasteiger partial charge on any atom is -0.493 e. The van der Waals surface area contributed by atoms with Gasteiger partial charge in [0.15, 0.2) is 17.3 Å². The summed E-state index contributed by atoms with van der Waals surface area (Å²) in [7, 11) is 3.20. The number of hydrogen-bond donors (Lipinski definition) is 1. The van der Waals surface area contributed by atoms with Crippen LogP contribution in [0, 0.1) is 0 Å². The number of H-pyrrole nitrogens is 1. The maximum Gasteiger partial charge on any atom is 0.252 e. The number of aromatic nitrogens is 5. The Morgan fingerprint density at radius 2 is 1.89 bits per heavy atom. The van der Waals surface area contributed by atoms with Crippen LogP contribution < -0.4 is 15.0 Å². The molecule has 200 valence electrons. The summed E-state index contributed by atoms with van der Waals surface area (Å²) in [6, 6.07) is 5.97. The molecule has 1 aliphatic carbocycles. The zero-order chi connectivity index (χ0) is 25.8. The fourth-order valence-corrected chi connectivity index (χ4v) is 5.88. The monoisotopic (exact) mass is 510 g/mol. The van der Waals surface area contributed by atoms with Crippen LogP contribution in [-0.2, 0) is 11.3 Å². The largest absolute Gasteiger partial charge is 0.493 e. The zero-order valence-electron chi connectivity index (χ0n) is 22.1. The second kappa shape index (κ2) is 11.6. The number of rotatable bonds is 10. The Morgan fingerprint density at radius 1 is 1.11 bits per heavy atom. The molecule has 2 aromatic heterocycles. The van der Waals surface area contributed by atoms with Gasteiger partial charge in [-0.3, -0.25) is 9.69 Å². The van der Waals surface area contributed by atoms with E-state index in [0.717, 1.165) is 56.5 Å². The lowest BCUT2D eigenvalue weighted by Gasteiger charge is -2.33. The van der Waals surface area contributed by atoms with Gasteiger partial charge < -0.3 is 19.2 Å². The fourth-order valence-electron chi connectivity index (χ4n) is 5.88. The highest BCUT2D eigenvalue weighted by Crippen LogP contribution is 2.34. The predicted octanol–water partition coefficient (Wildman–Crippen LogP) is 4.17. The first-order valence-corrected chi connectivity index (χ1v) is 13.5. The van der Waals surface area contributed by atoms with E-state index in [0.29, 0.717) is 35.2 Å². The van der Waals surface area contributed by atoms with E-state index in [-0.39, 0.29) is 17.7 Å². The minimum atomic E-state index is -0.112. The van der Waals surface area contributed by atoms with Gasteiger partial charge in [0.25, 0.3) is 5.56 Å². The maximum atomic E-state index is 13.2. The summed E-state index contributed by atoms with van der Waals surface area (Å²) in [5, 5.41) is 13.9. The Kier molecular flexibility index (Phi) is 8.05. The number of benzene rings is 1. The summed E-state index contributed by atoms with van der Waals surface area (Å²) in [5.74, 6) is 2.09. The smallest absolute Gasteiger partial charge is 0.252 e. The van der Waals surface area contributed by atoms with E-state index in [1.807, 2.05) is 12.1 Å². The van der Waals surface area contributed by atoms with Crippen molar-refractivity contribution in [1.82, 2.24) is 30.1 Å². The second-order valence-electron chi connectivity index (χ2n) is 10.2. The Bertz CT molecular complexity index is 1250. The lowest BCUT2D eigenvalue weighted by Crippen LogP contribution is -2.38. The third-order valence-corrected chi connectivity index (χ3v) is 7.83. The molecule has 2 fully saturated rings. The molecule has 1 saturated carbocycles. The average Bonchev–Trinajstić information content (AvgIpc) is 3.62. The molecule has 1 N–H and O–H groups in total. The lowest BCUT2D eigenvalue weighted by molar-refractivity contribution is 0.0481. The number of aromatic amines is 1. The predicted molar refractivity (Wildman–Crippen MR) is 140 cm³/mol. The molecular weight excluding hydrogens is 472 g/mol. The normalized spacial score (nSPS) is 19.5. The first kappa shape index (κ1) is 25.7. The second-order valence-corrected chi connectivity index (χ2v) is 10.2. The number of nitrogens with zero attached hydrogens (tertiary/aromatic N) is 5. The van der Waals surface area contributed by atoms with Crippen LogP contribution in [0.1, 0.15) is 81.8 Å². The number of ether oxygens (including phenoxy) is 3. The molecular formula is C27H38N6O4. The lowest BCUT2D eigenvalue weighted by atomic mass is 9.95. The van der Waals surface area contributed by atoms with Crippen LogP contribution in [0.5, 0.6) is 11.5 Å². The third-order valence-electron chi connectivity index (χ3n) is 7.83. The first-order chi connectivity index (χ1) is 18.1. The highest BCUT2D eigenvalue weighted by atomic mass is 16.5. The van der Waals surface area contributed by atoms with Crippen molar-refractivity contribution in [1.29, 1.82) is 0 Å². The summed E-state index contributed by atoms with van der Waals surface area (Å²) in [4.78, 5) is 18.6. The van der Waals surface area contributed by atoms with Crippen molar-refractivity contribution in [2.75, 3.05) is 27.4 Å². The summed E-state index contributed by atoms with van der Waals surface area (Å²) in [5.41, 5.74) is 1.29. The molecule has 0 unspecified atom stereocenters. The first-order valence-electron chi connectivity index (χ1n) is 13.5. The molecule has 0 amide bonds. The van der Waals surface area contributed by atoms with Crippen molar-refractivity contribution in [3.63, 3.8) is 0 Å². The van der Waals surface area contributed by atoms with Gasteiger partial charge in [-0.05, 0) is 54.7 Å². The van der Waals surface area contributed by atoms with Crippen LogP contribution in [0.15, 0.2) is 23.0 Å². The van der Waals surface area contributed by atoms with Gasteiger partial charge in [0.05, 0.1) is 37.9 Å². The molecule has 1 aliphatic heterocycles. The summed E-state index contributed by atoms with van der Waals surface area (Å²) in [6.45, 7) is 4.14. The molecule has 3 heterocycles. The van der Waals surface area contributed by atoms with Crippen molar-refractivity contribution in [3.8, 4) is 11.5 Å². The standard InChI is InChI=1S/C27H38N6O4/c1-4-23(26-29-30-31-33(26)20-9-6-5-7-10-20)32(17-21-11-8-12-37-21)16-19-13-18-14-24(35-2)25(36-3)15-22(18)28-27(19)34/h13-15,20-21,23H,4-12,16-17H2,1-3H3,(H,28,34)/t21-,23+/m1/s1. The number of tetrazole rings is 1. The van der Waals surface area contributed by atoms with Crippen LogP contribution in [-0.4, -0.2) is 63.6 Å². The molecule has 5 rings (SSSR count). The Morgan fingerprint density at radius 3 is 2.59 bits per heavy atom. The number of pyridine rings is 1. The van der Waals surface area contributed by atoms with E-state index in [4.69, 9.17) is 14.2 Å². The fraction of sp³-hybridized carbons (Fsp3) is 0.630. The SMILES string of the molecule is CC[C@@H](c1nnnn1C1CCCCC1)N(Cc1cc2cc(OC)c(OC)cc2[nH]c1=O)C[C@H]1CCCO1. The van der Waals surface area contributed by atoms with Gasteiger partial charge in [-0.1, -0.05) is 26.2 Å². The van der Waals surface area contributed by atoms with Crippen molar-refractivity contribution in [2.45, 2.75) is 83.0 Å². The van der Waals surface area contributed by atoms with Crippen molar-refractivity contribution >= 4 is 10.9 Å². The maximum absolute atomic E-state index is 13.2. The van der Waals surface area contributed by atoms with Crippen molar-refractivity contribution in [2.24, 2.45) is 0 Å². The average molecular weight is 511 g/mol. The molecule has 1 aromatic carbocycles. The Hall–Kier alpha value is -2.98. The van der Waals surface area contributed by atoms with Crippen LogP contribution >= 0.6 is 0 Å². The molecule has 0 spiro atoms. The zero-order valence-corrected chi connectivity index (χ0v) is 22.1. The Labute approximate surface area is 217 Å². The van der Waals surface area contributed by atoms with Gasteiger partial charge in [0.1, 0.15) is 0 Å². The van der Waals surface area contributed by atoms with Gasteiger partial charge in [-0.25, -0.2) is 4.68 Å². The molecule has 2 aliphatic rings. The van der Waals surface area contributed by atoms with E-state index in [1.54, 1.807) is 20.3 Å². The highest BCUT2D eigenvalue weighted by molar-refractivity contribution is 5.83. The van der Waals surface area contributed by atoms with Crippen LogP contribution in [0.3, 0.4) is 0 Å². The van der Waals surface area contributed by atoms with Crippen LogP contribution in [0.4, 0.5) is 0 Å². The number of fused-ring (bicyclic) bond motifs is 1. The number of methoxy groups -OCH3 is 2. The molecule has 10 nitrogen and oxygen atoms in total. The molecule has 2 atom stereocenters. The molecule has 0 radical (unpaired) electrons. The van der Waals surface area contributed by atoms with Gasteiger partial charge in [0, 0.05) is 36.7 Å². The van der Waals surface area contributed by atoms with E-state index in [1.165, 1.54) is 19.3 Å². The van der Waals surface area contributed by atoms with Crippen LogP contribution in [0.2, 0.25) is 0 Å². The summed E-state index contributed by atoms with van der Waals surface area (Å²) < 4.78 is 19.0. The van der Waals surface area contributed by atoms with E-state index in [9.17, 15) is 4.79 Å². The topological polar surface area (TPSA) is 107 Å². The number of nitrogens with one attached hydrogen (secondary N) is 1. The molecule has 1 saturated heterocycles. The van der Waals surface area contributed by atoms with E-state index in [2.05, 4.69) is 37.0 Å². The van der Waals surface area contributed by atoms with E-state index < -0.39 is 0 Å². The van der Waals surface area contributed by atoms with Gasteiger partial charge in [0.2, 0.25) is 0 Å². The summed E-state index contributed by atoms with van der Waals surface area (Å²) in [6.07, 6.45) is 8.96. The molecule has 37 heavy (non-hydrogen) atoms. The van der Waals surface area contributed by atoms with Gasteiger partial charge in [-0.15, -0.1) is 5.10 Å². The van der Waals surface area contributed by atoms with Crippen molar-refractivity contribution < 1.29 is 14.2 Å². The van der Waals surface area contributed by atoms with Gasteiger partial charge >= 0.3 is 0 Å². The molecule has 0 bridgehead atoms. The highest BCUT2D eigenvalue weighted by Gasteiger charge is 2.31. The Balaban J connectivity index is 1.49. The quantitative estimate of drug-likeness (QED) is 0.433. The summed E-state index contributed by atoms with van der Waals surface area (Å²) >= 11 is 0. The molecule has 10 heteroatoms. The molecule has 3 aromatic rings. The van der Waals surface area contributed by atoms with Gasteiger partial charge in [-0.2, -0.15) is 0 Å². The number of hydrogen-bond acceptors (Lipinski definition) is 8. The van der Waals surface area contributed by atoms with Crippen molar-refractivity contribution in [3.05, 3.63) is 39.9 Å². The van der Waals surface area contributed by atoms with Crippen LogP contribution in [0.25, 0.3) is 10.9 Å². The minimum absolute atomic E-state index is 0.0263.